The molecule has 0 aliphatic rings. The average molecular weight is 497 g/mol. The highest BCUT2D eigenvalue weighted by molar-refractivity contribution is 7.98. The first-order valence-electron chi connectivity index (χ1n) is 9.91. The molecule has 0 saturated carbocycles. The SMILES string of the molecule is CCOc1cc(/C=C(/C#N)C(=O)Nc2nc(SC)ns2)ccc1OC(=O)c1cccc(OC)c1. The number of nitriles is 1. The van der Waals surface area contributed by atoms with E-state index in [4.69, 9.17) is 14.2 Å². The Morgan fingerprint density at radius 3 is 2.74 bits per heavy atom. The molecule has 0 fully saturated rings. The number of nitrogens with zero attached hydrogens (tertiary/aromatic N) is 3. The van der Waals surface area contributed by atoms with Crippen molar-refractivity contribution in [1.29, 1.82) is 5.26 Å². The highest BCUT2D eigenvalue weighted by Crippen LogP contribution is 2.30. The van der Waals surface area contributed by atoms with Gasteiger partial charge in [-0.3, -0.25) is 10.1 Å². The number of hydrogen-bond donors (Lipinski definition) is 1. The van der Waals surface area contributed by atoms with Crippen molar-refractivity contribution in [1.82, 2.24) is 9.36 Å². The summed E-state index contributed by atoms with van der Waals surface area (Å²) in [7, 11) is 1.51. The molecule has 0 radical (unpaired) electrons. The van der Waals surface area contributed by atoms with E-state index in [0.29, 0.717) is 39.5 Å². The van der Waals surface area contributed by atoms with E-state index in [1.54, 1.807) is 43.3 Å². The predicted octanol–water partition coefficient (Wildman–Crippen LogP) is 4.43. The van der Waals surface area contributed by atoms with Crippen LogP contribution in [0.5, 0.6) is 17.2 Å². The average Bonchev–Trinajstić information content (AvgIpc) is 3.31. The van der Waals surface area contributed by atoms with Gasteiger partial charge < -0.3 is 14.2 Å². The third-order valence-corrected chi connectivity index (χ3v) is 5.56. The van der Waals surface area contributed by atoms with E-state index in [-0.39, 0.29) is 11.3 Å². The van der Waals surface area contributed by atoms with Gasteiger partial charge in [-0.05, 0) is 55.2 Å². The van der Waals surface area contributed by atoms with Gasteiger partial charge in [-0.25, -0.2) is 4.79 Å². The van der Waals surface area contributed by atoms with Crippen LogP contribution in [0.2, 0.25) is 0 Å². The van der Waals surface area contributed by atoms with Crippen LogP contribution in [0, 0.1) is 11.3 Å². The van der Waals surface area contributed by atoms with E-state index >= 15 is 0 Å². The number of rotatable bonds is 9. The van der Waals surface area contributed by atoms with Gasteiger partial charge in [0.05, 0.1) is 19.3 Å². The lowest BCUT2D eigenvalue weighted by Gasteiger charge is -2.12. The van der Waals surface area contributed by atoms with Gasteiger partial charge in [-0.2, -0.15) is 14.6 Å². The van der Waals surface area contributed by atoms with Crippen LogP contribution < -0.4 is 19.5 Å². The largest absolute Gasteiger partial charge is 0.497 e. The monoisotopic (exact) mass is 496 g/mol. The second-order valence-corrected chi connectivity index (χ2v) is 8.00. The van der Waals surface area contributed by atoms with Crippen LogP contribution in [0.25, 0.3) is 6.08 Å². The van der Waals surface area contributed by atoms with E-state index in [0.717, 1.165) is 11.5 Å². The summed E-state index contributed by atoms with van der Waals surface area (Å²) in [6.45, 7) is 2.10. The first kappa shape index (κ1) is 24.8. The van der Waals surface area contributed by atoms with Gasteiger partial charge in [-0.15, -0.1) is 0 Å². The van der Waals surface area contributed by atoms with Gasteiger partial charge in [0, 0.05) is 11.5 Å². The molecule has 0 saturated heterocycles. The van der Waals surface area contributed by atoms with Gasteiger partial charge >= 0.3 is 5.97 Å². The molecule has 0 aliphatic carbocycles. The van der Waals surface area contributed by atoms with Crippen LogP contribution in [0.4, 0.5) is 5.13 Å². The molecule has 0 aliphatic heterocycles. The Balaban J connectivity index is 1.81. The Labute approximate surface area is 204 Å². The highest BCUT2D eigenvalue weighted by Gasteiger charge is 2.16. The number of hydrogen-bond acceptors (Lipinski definition) is 10. The molecule has 1 N–H and O–H groups in total. The van der Waals surface area contributed by atoms with Gasteiger partial charge in [0.25, 0.3) is 5.91 Å². The van der Waals surface area contributed by atoms with Gasteiger partial charge in [0.1, 0.15) is 17.4 Å². The fraction of sp³-hybridized carbons (Fsp3) is 0.174. The summed E-state index contributed by atoms with van der Waals surface area (Å²) in [6.07, 6.45) is 3.23. The Hall–Kier alpha value is -3.88. The lowest BCUT2D eigenvalue weighted by Crippen LogP contribution is -2.13. The van der Waals surface area contributed by atoms with Crippen LogP contribution in [-0.4, -0.2) is 41.2 Å². The van der Waals surface area contributed by atoms with Crippen LogP contribution in [-0.2, 0) is 4.79 Å². The summed E-state index contributed by atoms with van der Waals surface area (Å²) in [5.74, 6) is -0.174. The van der Waals surface area contributed by atoms with E-state index in [1.807, 2.05) is 12.3 Å². The maximum Gasteiger partial charge on any atom is 0.343 e. The zero-order valence-corrected chi connectivity index (χ0v) is 20.2. The van der Waals surface area contributed by atoms with Crippen molar-refractivity contribution in [2.45, 2.75) is 12.1 Å². The second kappa shape index (κ2) is 11.8. The van der Waals surface area contributed by atoms with Crippen molar-refractivity contribution in [3.8, 4) is 23.3 Å². The number of carbonyl (C=O) groups is 2. The van der Waals surface area contributed by atoms with E-state index < -0.39 is 11.9 Å². The number of thioether (sulfide) groups is 1. The number of carbonyl (C=O) groups excluding carboxylic acids is 2. The first-order chi connectivity index (χ1) is 16.5. The number of benzene rings is 2. The summed E-state index contributed by atoms with van der Waals surface area (Å²) in [5.41, 5.74) is 0.693. The van der Waals surface area contributed by atoms with Crippen molar-refractivity contribution >= 4 is 46.4 Å². The summed E-state index contributed by atoms with van der Waals surface area (Å²) in [5, 5.41) is 12.9. The Kier molecular flexibility index (Phi) is 8.61. The Morgan fingerprint density at radius 1 is 1.24 bits per heavy atom. The molecule has 3 aromatic rings. The standard InChI is InChI=1S/C23H20N4O5S2/c1-4-31-19-11-14(10-16(13-24)20(28)25-22-26-23(33-3)27-34-22)8-9-18(19)32-21(29)15-6-5-7-17(12-15)30-2/h5-12H,4H2,1-3H3,(H,25,26,27,28)/b16-10-. The molecule has 1 aromatic heterocycles. The van der Waals surface area contributed by atoms with E-state index in [1.165, 1.54) is 31.0 Å². The molecule has 3 rings (SSSR count). The number of esters is 1. The number of nitrogens with one attached hydrogen (secondary N) is 1. The van der Waals surface area contributed by atoms with Crippen LogP contribution in [0.15, 0.2) is 53.2 Å². The minimum Gasteiger partial charge on any atom is -0.497 e. The van der Waals surface area contributed by atoms with Crippen molar-refractivity contribution in [3.05, 3.63) is 59.2 Å². The second-order valence-electron chi connectivity index (χ2n) is 6.47. The molecular weight excluding hydrogens is 476 g/mol. The lowest BCUT2D eigenvalue weighted by atomic mass is 10.1. The number of anilines is 1. The van der Waals surface area contributed by atoms with Crippen LogP contribution in [0.1, 0.15) is 22.8 Å². The summed E-state index contributed by atoms with van der Waals surface area (Å²) >= 11 is 2.37. The van der Waals surface area contributed by atoms with E-state index in [9.17, 15) is 14.9 Å². The number of aromatic nitrogens is 2. The zero-order chi connectivity index (χ0) is 24.5. The minimum absolute atomic E-state index is 0.135. The quantitative estimate of drug-likeness (QED) is 0.151. The topological polar surface area (TPSA) is 123 Å². The smallest absolute Gasteiger partial charge is 0.343 e. The third kappa shape index (κ3) is 6.34. The predicted molar refractivity (Wildman–Crippen MR) is 129 cm³/mol. The molecule has 2 aromatic carbocycles. The Morgan fingerprint density at radius 2 is 2.06 bits per heavy atom. The molecule has 1 amide bonds. The third-order valence-electron chi connectivity index (χ3n) is 4.26. The molecule has 1 heterocycles. The Bertz CT molecular complexity index is 1270. The maximum atomic E-state index is 12.6. The highest BCUT2D eigenvalue weighted by atomic mass is 32.2. The van der Waals surface area contributed by atoms with Gasteiger partial charge in [-0.1, -0.05) is 23.9 Å². The molecule has 0 bridgehead atoms. The first-order valence-corrected chi connectivity index (χ1v) is 11.9. The van der Waals surface area contributed by atoms with E-state index in [2.05, 4.69) is 14.7 Å². The lowest BCUT2D eigenvalue weighted by molar-refractivity contribution is -0.112. The molecule has 11 heteroatoms. The van der Waals surface area contributed by atoms with Crippen molar-refractivity contribution in [3.63, 3.8) is 0 Å². The summed E-state index contributed by atoms with van der Waals surface area (Å²) in [6, 6.07) is 13.2. The van der Waals surface area contributed by atoms with Gasteiger partial charge in [0.15, 0.2) is 11.5 Å². The number of amides is 1. The molecule has 9 nitrogen and oxygen atoms in total. The van der Waals surface area contributed by atoms with Crippen molar-refractivity contribution in [2.75, 3.05) is 25.3 Å². The number of ether oxygens (including phenoxy) is 3. The molecular formula is C23H20N4O5S2. The maximum absolute atomic E-state index is 12.6. The molecule has 0 spiro atoms. The number of methoxy groups -OCH3 is 1. The van der Waals surface area contributed by atoms with Crippen molar-refractivity contribution in [2.24, 2.45) is 0 Å². The normalized spacial score (nSPS) is 10.8. The molecule has 34 heavy (non-hydrogen) atoms. The summed E-state index contributed by atoms with van der Waals surface area (Å²) in [4.78, 5) is 29.2. The zero-order valence-electron chi connectivity index (χ0n) is 18.5. The fourth-order valence-electron chi connectivity index (χ4n) is 2.70. The van der Waals surface area contributed by atoms with Gasteiger partial charge in [0.2, 0.25) is 10.3 Å². The summed E-state index contributed by atoms with van der Waals surface area (Å²) < 4.78 is 20.3. The molecule has 0 atom stereocenters. The fourth-order valence-corrected chi connectivity index (χ4v) is 3.82. The van der Waals surface area contributed by atoms with Crippen LogP contribution in [0.3, 0.4) is 0 Å². The van der Waals surface area contributed by atoms with Crippen LogP contribution >= 0.6 is 23.3 Å². The minimum atomic E-state index is -0.613. The molecule has 174 valence electrons. The van der Waals surface area contributed by atoms with Crippen molar-refractivity contribution < 1.29 is 23.8 Å². The molecule has 0 unspecified atom stereocenters.